The average Bonchev–Trinajstić information content (AvgIpc) is 2.61. The van der Waals surface area contributed by atoms with Gasteiger partial charge >= 0.3 is 7.60 Å². The number of benzene rings is 3. The second kappa shape index (κ2) is 7.67. The molecule has 0 fully saturated rings. The number of anilines is 1. The van der Waals surface area contributed by atoms with Crippen molar-refractivity contribution in [1.82, 2.24) is 0 Å². The Morgan fingerprint density at radius 2 is 1.58 bits per heavy atom. The molecule has 5 nitrogen and oxygen atoms in total. The van der Waals surface area contributed by atoms with Gasteiger partial charge in [-0.2, -0.15) is 0 Å². The molecule has 0 heterocycles. The molecule has 0 atom stereocenters. The third kappa shape index (κ3) is 4.46. The predicted molar refractivity (Wildman–Crippen MR) is 104 cm³/mol. The summed E-state index contributed by atoms with van der Waals surface area (Å²) in [6.45, 7) is 0. The van der Waals surface area contributed by atoms with Gasteiger partial charge < -0.3 is 9.79 Å². The van der Waals surface area contributed by atoms with Gasteiger partial charge in [-0.3, -0.25) is 14.3 Å². The summed E-state index contributed by atoms with van der Waals surface area (Å²) < 4.78 is 11.3. The molecule has 26 heavy (non-hydrogen) atoms. The topological polar surface area (TPSA) is 77.8 Å². The standard InChI is InChI=1S/C20H18NO4P/c22-20(15-26(23,24)25)21(14-13-16-7-2-1-3-8-16)19-12-6-10-17-9-4-5-11-18(17)19/h1-14H,15H2,(H2,23,24,25)/b14-13+. The quantitative estimate of drug-likeness (QED) is 0.668. The molecule has 0 bridgehead atoms. The number of nitrogens with zero attached hydrogens (tertiary/aromatic N) is 1. The van der Waals surface area contributed by atoms with Crippen LogP contribution in [0.4, 0.5) is 5.69 Å². The van der Waals surface area contributed by atoms with Crippen LogP contribution < -0.4 is 4.90 Å². The number of hydrogen-bond acceptors (Lipinski definition) is 2. The first-order valence-corrected chi connectivity index (χ1v) is 9.81. The molecule has 3 rings (SSSR count). The van der Waals surface area contributed by atoms with Crippen molar-refractivity contribution >= 4 is 36.0 Å². The SMILES string of the molecule is O=C(CP(=O)(O)O)N(/C=C/c1ccccc1)c1cccc2ccccc12. The number of amides is 1. The summed E-state index contributed by atoms with van der Waals surface area (Å²) in [5, 5.41) is 1.76. The van der Waals surface area contributed by atoms with E-state index in [0.717, 1.165) is 16.3 Å². The minimum Gasteiger partial charge on any atom is -0.324 e. The van der Waals surface area contributed by atoms with Crippen LogP contribution in [0.1, 0.15) is 5.56 Å². The summed E-state index contributed by atoms with van der Waals surface area (Å²) in [4.78, 5) is 32.4. The van der Waals surface area contributed by atoms with Gasteiger partial charge in [0, 0.05) is 11.6 Å². The molecule has 0 aromatic heterocycles. The molecule has 0 saturated carbocycles. The van der Waals surface area contributed by atoms with E-state index in [0.29, 0.717) is 5.69 Å². The highest BCUT2D eigenvalue weighted by atomic mass is 31.2. The smallest absolute Gasteiger partial charge is 0.324 e. The van der Waals surface area contributed by atoms with E-state index in [9.17, 15) is 19.1 Å². The summed E-state index contributed by atoms with van der Waals surface area (Å²) in [5.74, 6) is -0.665. The minimum atomic E-state index is -4.48. The summed E-state index contributed by atoms with van der Waals surface area (Å²) in [6.07, 6.45) is 2.43. The number of fused-ring (bicyclic) bond motifs is 1. The van der Waals surface area contributed by atoms with Crippen molar-refractivity contribution in [3.8, 4) is 0 Å². The van der Waals surface area contributed by atoms with Gasteiger partial charge in [0.15, 0.2) is 0 Å². The number of carbonyl (C=O) groups is 1. The lowest BCUT2D eigenvalue weighted by molar-refractivity contribution is -0.115. The second-order valence-corrected chi connectivity index (χ2v) is 7.46. The van der Waals surface area contributed by atoms with E-state index in [1.807, 2.05) is 66.7 Å². The summed E-state index contributed by atoms with van der Waals surface area (Å²) >= 11 is 0. The number of hydrogen-bond donors (Lipinski definition) is 2. The maximum absolute atomic E-state index is 12.6. The van der Waals surface area contributed by atoms with E-state index in [1.54, 1.807) is 18.3 Å². The van der Waals surface area contributed by atoms with E-state index in [-0.39, 0.29) is 0 Å². The Kier molecular flexibility index (Phi) is 5.33. The van der Waals surface area contributed by atoms with Gasteiger partial charge in [0.2, 0.25) is 5.91 Å². The Balaban J connectivity index is 2.06. The maximum Gasteiger partial charge on any atom is 0.334 e. The first kappa shape index (κ1) is 18.1. The fourth-order valence-corrected chi connectivity index (χ4v) is 3.20. The van der Waals surface area contributed by atoms with Crippen molar-refractivity contribution in [2.75, 3.05) is 11.1 Å². The van der Waals surface area contributed by atoms with Crippen molar-refractivity contribution in [3.05, 3.63) is 84.6 Å². The van der Waals surface area contributed by atoms with E-state index in [2.05, 4.69) is 0 Å². The zero-order valence-corrected chi connectivity index (χ0v) is 14.8. The van der Waals surface area contributed by atoms with Crippen molar-refractivity contribution in [3.63, 3.8) is 0 Å². The van der Waals surface area contributed by atoms with E-state index < -0.39 is 19.7 Å². The normalized spacial score (nSPS) is 11.8. The molecule has 3 aromatic carbocycles. The molecule has 0 saturated heterocycles. The first-order chi connectivity index (χ1) is 12.4. The summed E-state index contributed by atoms with van der Waals surface area (Å²) in [6, 6.07) is 22.4. The molecular formula is C20H18NO4P. The van der Waals surface area contributed by atoms with Gasteiger partial charge in [-0.15, -0.1) is 0 Å². The zero-order chi connectivity index (χ0) is 18.6. The Morgan fingerprint density at radius 3 is 2.31 bits per heavy atom. The van der Waals surface area contributed by atoms with Crippen LogP contribution >= 0.6 is 7.60 Å². The van der Waals surface area contributed by atoms with Crippen LogP contribution in [0.5, 0.6) is 0 Å². The van der Waals surface area contributed by atoms with Crippen LogP contribution in [-0.2, 0) is 9.36 Å². The monoisotopic (exact) mass is 367 g/mol. The molecule has 0 unspecified atom stereocenters. The zero-order valence-electron chi connectivity index (χ0n) is 13.9. The third-order valence-corrected chi connectivity index (χ3v) is 4.53. The van der Waals surface area contributed by atoms with E-state index in [4.69, 9.17) is 0 Å². The molecule has 0 aliphatic heterocycles. The Hall–Kier alpha value is -2.72. The first-order valence-electron chi connectivity index (χ1n) is 8.02. The molecule has 6 heteroatoms. The summed E-state index contributed by atoms with van der Waals surface area (Å²) in [7, 11) is -4.48. The van der Waals surface area contributed by atoms with Crippen molar-refractivity contribution in [2.24, 2.45) is 0 Å². The largest absolute Gasteiger partial charge is 0.334 e. The van der Waals surface area contributed by atoms with Crippen LogP contribution in [0.15, 0.2) is 79.0 Å². The van der Waals surface area contributed by atoms with Crippen molar-refractivity contribution < 1.29 is 19.1 Å². The van der Waals surface area contributed by atoms with Crippen molar-refractivity contribution in [1.29, 1.82) is 0 Å². The maximum atomic E-state index is 12.6. The molecule has 0 aliphatic rings. The molecule has 3 aromatic rings. The summed E-state index contributed by atoms with van der Waals surface area (Å²) in [5.41, 5.74) is 1.45. The van der Waals surface area contributed by atoms with Gasteiger partial charge in [0.1, 0.15) is 6.16 Å². The third-order valence-electron chi connectivity index (χ3n) is 3.85. The average molecular weight is 367 g/mol. The van der Waals surface area contributed by atoms with Crippen LogP contribution in [0.2, 0.25) is 0 Å². The highest BCUT2D eigenvalue weighted by Crippen LogP contribution is 2.36. The molecular weight excluding hydrogens is 349 g/mol. The second-order valence-electron chi connectivity index (χ2n) is 5.81. The van der Waals surface area contributed by atoms with Crippen LogP contribution in [0, 0.1) is 0 Å². The van der Waals surface area contributed by atoms with E-state index >= 15 is 0 Å². The van der Waals surface area contributed by atoms with Gasteiger partial charge in [-0.1, -0.05) is 66.7 Å². The minimum absolute atomic E-state index is 0.578. The fraction of sp³-hybridized carbons (Fsp3) is 0.0500. The van der Waals surface area contributed by atoms with Crippen LogP contribution in [0.25, 0.3) is 16.8 Å². The lowest BCUT2D eigenvalue weighted by Gasteiger charge is -2.21. The fourth-order valence-electron chi connectivity index (χ4n) is 2.69. The number of carbonyl (C=O) groups excluding carboxylic acids is 1. The molecule has 0 radical (unpaired) electrons. The molecule has 132 valence electrons. The molecule has 0 aliphatic carbocycles. The Morgan fingerprint density at radius 1 is 0.923 bits per heavy atom. The molecule has 0 spiro atoms. The Labute approximate surface area is 151 Å². The highest BCUT2D eigenvalue weighted by Gasteiger charge is 2.24. The van der Waals surface area contributed by atoms with Gasteiger partial charge in [-0.05, 0) is 23.1 Å². The van der Waals surface area contributed by atoms with Crippen LogP contribution in [-0.4, -0.2) is 21.9 Å². The number of rotatable bonds is 5. The predicted octanol–water partition coefficient (Wildman–Crippen LogP) is 4.02. The molecule has 1 amide bonds. The van der Waals surface area contributed by atoms with Gasteiger partial charge in [0.05, 0.1) is 5.69 Å². The van der Waals surface area contributed by atoms with Crippen LogP contribution in [0.3, 0.4) is 0 Å². The van der Waals surface area contributed by atoms with Gasteiger partial charge in [0.25, 0.3) is 0 Å². The highest BCUT2D eigenvalue weighted by molar-refractivity contribution is 7.52. The van der Waals surface area contributed by atoms with E-state index in [1.165, 1.54) is 4.90 Å². The van der Waals surface area contributed by atoms with Crippen molar-refractivity contribution in [2.45, 2.75) is 0 Å². The van der Waals surface area contributed by atoms with Gasteiger partial charge in [-0.25, -0.2) is 0 Å². The Bertz CT molecular complexity index is 990. The lowest BCUT2D eigenvalue weighted by Crippen LogP contribution is -2.28. The molecule has 2 N–H and O–H groups in total. The lowest BCUT2D eigenvalue weighted by atomic mass is 10.1.